The first-order chi connectivity index (χ1) is 36.4. The summed E-state index contributed by atoms with van der Waals surface area (Å²) in [7, 11) is -1.20. The zero-order valence-corrected chi connectivity index (χ0v) is 41.6. The molecule has 8 heteroatoms. The lowest BCUT2D eigenvalue weighted by Crippen LogP contribution is -2.73. The topological polar surface area (TPSA) is 39.1 Å². The van der Waals surface area contributed by atoms with Crippen molar-refractivity contribution < 1.29 is 13.4 Å². The van der Waals surface area contributed by atoms with Crippen molar-refractivity contribution >= 4 is 68.5 Å². The van der Waals surface area contributed by atoms with Crippen molar-refractivity contribution in [3.05, 3.63) is 242 Å². The van der Waals surface area contributed by atoms with Gasteiger partial charge in [-0.05, 0) is 115 Å². The molecule has 13 rings (SSSR count). The molecule has 72 heavy (non-hydrogen) atoms. The smallest absolute Gasteiger partial charge is 0.307 e. The first-order valence-electron chi connectivity index (χ1n) is 26.1. The van der Waals surface area contributed by atoms with Gasteiger partial charge in [0.25, 0.3) is 0 Å². The summed E-state index contributed by atoms with van der Waals surface area (Å²) in [5.74, 6) is 2.11. The minimum Gasteiger partial charge on any atom is -0.458 e. The predicted octanol–water partition coefficient (Wildman–Crippen LogP) is 10.4. The highest BCUT2D eigenvalue weighted by Gasteiger charge is 2.52. The average Bonchev–Trinajstić information content (AvgIpc) is 4.13. The number of imidazole rings is 1. The molecule has 11 aromatic rings. The van der Waals surface area contributed by atoms with Crippen LogP contribution in [0.1, 0.15) is 36.1 Å². The molecule has 0 bridgehead atoms. The molecule has 0 amide bonds. The van der Waals surface area contributed by atoms with E-state index >= 15 is 0 Å². The van der Waals surface area contributed by atoms with Gasteiger partial charge in [0.2, 0.25) is 6.33 Å². The first-order valence-corrected chi connectivity index (χ1v) is 26.6. The summed E-state index contributed by atoms with van der Waals surface area (Å²) >= 11 is 0. The Kier molecular flexibility index (Phi) is 9.43. The molecule has 0 unspecified atom stereocenters. The number of aromatic nitrogens is 4. The van der Waals surface area contributed by atoms with Gasteiger partial charge in [-0.15, -0.1) is 0 Å². The number of nitrogens with zero attached hydrogens (tertiary/aromatic N) is 5. The van der Waals surface area contributed by atoms with Gasteiger partial charge in [0.05, 0.1) is 27.8 Å². The standard InChI is InChI=1S/C64H52BN5OSi/c1-64(2,3)46-37-38-66-60(39-46)70-55-32-19-18-29-53(55)54-35-33-47(40-56(54)70)71-48-34-36-58-57(41-48)69-43-67(4)63-62(69)59(72(58,49-25-14-8-15-26-49)50-27-16-9-17-28-50)42-68(5)65(63)61-51(44-21-10-6-11-22-44)30-20-31-52(61)45-23-12-7-13-24-45/h6-42H,1-5H3/i4D3. The zero-order valence-electron chi connectivity index (χ0n) is 43.6. The van der Waals surface area contributed by atoms with Crippen LogP contribution in [0.15, 0.2) is 225 Å². The second kappa shape index (κ2) is 16.9. The fraction of sp³-hybridized carbons (Fsp3) is 0.0938. The highest BCUT2D eigenvalue weighted by molar-refractivity contribution is 7.24. The van der Waals surface area contributed by atoms with Gasteiger partial charge >= 0.3 is 6.85 Å². The van der Waals surface area contributed by atoms with Crippen molar-refractivity contribution in [1.29, 1.82) is 0 Å². The lowest BCUT2D eigenvalue weighted by Gasteiger charge is -2.46. The zero-order chi connectivity index (χ0) is 51.2. The number of aryl methyl sites for hydroxylation is 1. The molecule has 5 heterocycles. The van der Waals surface area contributed by atoms with Crippen LogP contribution in [-0.2, 0) is 12.4 Å². The van der Waals surface area contributed by atoms with E-state index in [0.717, 1.165) is 77.1 Å². The van der Waals surface area contributed by atoms with Crippen LogP contribution in [0.2, 0.25) is 0 Å². The molecule has 0 radical (unpaired) electrons. The molecule has 0 aliphatic carbocycles. The number of hydrogen-bond acceptors (Lipinski definition) is 3. The highest BCUT2D eigenvalue weighted by Crippen LogP contribution is 2.40. The summed E-state index contributed by atoms with van der Waals surface area (Å²) in [5, 5.41) is 6.77. The van der Waals surface area contributed by atoms with E-state index in [9.17, 15) is 4.11 Å². The van der Waals surface area contributed by atoms with E-state index in [4.69, 9.17) is 9.72 Å². The lowest BCUT2D eigenvalue weighted by atomic mass is 9.47. The van der Waals surface area contributed by atoms with Gasteiger partial charge in [-0.1, -0.05) is 185 Å². The van der Waals surface area contributed by atoms with Crippen LogP contribution in [0.25, 0.3) is 60.8 Å². The van der Waals surface area contributed by atoms with E-state index in [2.05, 4.69) is 244 Å². The Hall–Kier alpha value is -8.46. The Balaban J connectivity index is 1.07. The Morgan fingerprint density at radius 2 is 1.22 bits per heavy atom. The molecular formula is C64H52BN5OSi. The van der Waals surface area contributed by atoms with E-state index in [0.29, 0.717) is 17.1 Å². The maximum atomic E-state index is 9.36. The summed E-state index contributed by atoms with van der Waals surface area (Å²) in [6.45, 7) is 3.51. The number of hydrogen-bond donors (Lipinski definition) is 0. The van der Waals surface area contributed by atoms with E-state index in [1.165, 1.54) is 20.5 Å². The summed E-state index contributed by atoms with van der Waals surface area (Å²) in [6, 6.07) is 74.3. The van der Waals surface area contributed by atoms with Crippen LogP contribution in [0.3, 0.4) is 0 Å². The van der Waals surface area contributed by atoms with Gasteiger partial charge in [0.15, 0.2) is 8.07 Å². The van der Waals surface area contributed by atoms with E-state index < -0.39 is 21.9 Å². The minimum absolute atomic E-state index is 0.0665. The molecule has 0 saturated heterocycles. The van der Waals surface area contributed by atoms with Crippen molar-refractivity contribution in [2.24, 2.45) is 6.98 Å². The third-order valence-corrected chi connectivity index (χ3v) is 19.7. The van der Waals surface area contributed by atoms with Crippen molar-refractivity contribution in [2.45, 2.75) is 26.2 Å². The SMILES string of the molecule is [2H]C([2H])([2H])[n+]1[c-]n2c3c1B(c1c(-c4ccccc4)cccc1-c1ccccc1)N(C)C=C3[Si](c1ccccc1)(c1ccccc1)c1ccc(Oc3ccc4c5ccccc5n(-c5cc(C(C)(C)C)ccn5)c4c3)cc1-2. The number of ether oxygens (including phenoxy) is 1. The second-order valence-corrected chi connectivity index (χ2v) is 23.8. The number of rotatable bonds is 8. The molecule has 0 atom stereocenters. The van der Waals surface area contributed by atoms with Crippen LogP contribution < -0.4 is 35.9 Å². The van der Waals surface area contributed by atoms with Gasteiger partial charge in [0, 0.05) is 34.3 Å². The van der Waals surface area contributed by atoms with Crippen LogP contribution in [0, 0.1) is 6.33 Å². The Labute approximate surface area is 426 Å². The monoisotopic (exact) mass is 948 g/mol. The predicted molar refractivity (Wildman–Crippen MR) is 299 cm³/mol. The Bertz CT molecular complexity index is 3940. The fourth-order valence-electron chi connectivity index (χ4n) is 11.6. The Morgan fingerprint density at radius 1 is 0.625 bits per heavy atom. The number of pyridine rings is 1. The minimum atomic E-state index is -3.31. The fourth-order valence-corrected chi connectivity index (χ4v) is 16.8. The second-order valence-electron chi connectivity index (χ2n) is 20.1. The van der Waals surface area contributed by atoms with Crippen molar-refractivity contribution in [3.63, 3.8) is 0 Å². The highest BCUT2D eigenvalue weighted by atomic mass is 28.3. The molecule has 6 nitrogen and oxygen atoms in total. The van der Waals surface area contributed by atoms with Gasteiger partial charge in [-0.3, -0.25) is 4.57 Å². The van der Waals surface area contributed by atoms with Crippen LogP contribution in [0.5, 0.6) is 11.5 Å². The van der Waals surface area contributed by atoms with Gasteiger partial charge < -0.3 is 18.7 Å². The quantitative estimate of drug-likeness (QED) is 0.0866. The first kappa shape index (κ1) is 40.3. The lowest BCUT2D eigenvalue weighted by molar-refractivity contribution is -0.658. The molecule has 346 valence electrons. The van der Waals surface area contributed by atoms with Crippen molar-refractivity contribution in [1.82, 2.24) is 18.9 Å². The normalized spacial score (nSPS) is 14.6. The van der Waals surface area contributed by atoms with Crippen LogP contribution in [-0.4, -0.2) is 40.9 Å². The van der Waals surface area contributed by atoms with E-state index in [-0.39, 0.29) is 5.41 Å². The number of fused-ring (bicyclic) bond motifs is 5. The largest absolute Gasteiger partial charge is 0.458 e. The van der Waals surface area contributed by atoms with Gasteiger partial charge in [0.1, 0.15) is 17.3 Å². The summed E-state index contributed by atoms with van der Waals surface area (Å²) < 4.78 is 40.8. The molecule has 0 spiro atoms. The summed E-state index contributed by atoms with van der Waals surface area (Å²) in [4.78, 5) is 7.18. The Morgan fingerprint density at radius 3 is 1.88 bits per heavy atom. The third-order valence-electron chi connectivity index (χ3n) is 14.9. The average molecular weight is 949 g/mol. The van der Waals surface area contributed by atoms with Gasteiger partial charge in [-0.2, -0.15) is 0 Å². The maximum Gasteiger partial charge on any atom is 0.307 e. The third kappa shape index (κ3) is 6.77. The number of benzene rings is 8. The molecule has 2 aliphatic heterocycles. The van der Waals surface area contributed by atoms with Gasteiger partial charge in [-0.25, -0.2) is 4.98 Å². The molecule has 0 fully saturated rings. The van der Waals surface area contributed by atoms with Crippen molar-refractivity contribution in [3.8, 4) is 45.3 Å². The molecule has 0 N–H and O–H groups in total. The van der Waals surface area contributed by atoms with E-state index in [1.54, 1.807) is 0 Å². The molecule has 0 saturated carbocycles. The molecule has 8 aromatic carbocycles. The molecule has 2 aliphatic rings. The number of para-hydroxylation sites is 1. The van der Waals surface area contributed by atoms with Crippen molar-refractivity contribution in [2.75, 3.05) is 7.05 Å². The van der Waals surface area contributed by atoms with E-state index in [1.807, 2.05) is 29.0 Å². The molecular weight excluding hydrogens is 894 g/mol. The van der Waals surface area contributed by atoms with Crippen LogP contribution >= 0.6 is 0 Å². The maximum absolute atomic E-state index is 9.36. The molecule has 3 aromatic heterocycles. The van der Waals surface area contributed by atoms with Crippen LogP contribution in [0.4, 0.5) is 0 Å². The summed E-state index contributed by atoms with van der Waals surface area (Å²) in [6.07, 6.45) is 7.75. The summed E-state index contributed by atoms with van der Waals surface area (Å²) in [5.41, 5.74) is 10.6.